The van der Waals surface area contributed by atoms with Gasteiger partial charge in [-0.3, -0.25) is 9.78 Å². The number of nitrogens with zero attached hydrogens (tertiary/aromatic N) is 1. The number of carbonyl (C=O) groups is 1. The molecule has 1 aromatic carbocycles. The largest absolute Gasteiger partial charge is 0.489 e. The first kappa shape index (κ1) is 18.1. The van der Waals surface area contributed by atoms with Crippen molar-refractivity contribution in [2.24, 2.45) is 0 Å². The molecule has 2 heterocycles. The highest BCUT2D eigenvalue weighted by atomic mass is 35.5. The molecule has 1 amide bonds. The summed E-state index contributed by atoms with van der Waals surface area (Å²) in [4.78, 5) is 16.6. The van der Waals surface area contributed by atoms with Crippen molar-refractivity contribution in [2.75, 3.05) is 6.61 Å². The topological polar surface area (TPSA) is 51.2 Å². The summed E-state index contributed by atoms with van der Waals surface area (Å²) >= 11 is 5.88. The minimum atomic E-state index is -4.56. The molecule has 1 saturated carbocycles. The minimum Gasteiger partial charge on any atom is -0.489 e. The highest BCUT2D eigenvalue weighted by Crippen LogP contribution is 2.46. The molecule has 4 nitrogen and oxygen atoms in total. The molecule has 4 rings (SSSR count). The number of hydrogen-bond donors (Lipinski definition) is 1. The van der Waals surface area contributed by atoms with E-state index in [0.29, 0.717) is 11.7 Å². The van der Waals surface area contributed by atoms with Crippen LogP contribution >= 0.6 is 11.6 Å². The Morgan fingerprint density at radius 2 is 2.07 bits per heavy atom. The van der Waals surface area contributed by atoms with E-state index in [4.69, 9.17) is 16.3 Å². The molecule has 2 aromatic rings. The van der Waals surface area contributed by atoms with Crippen LogP contribution in [0.5, 0.6) is 5.75 Å². The molecular formula is C19H16ClF3N2O2. The summed E-state index contributed by atoms with van der Waals surface area (Å²) in [7, 11) is 0. The number of ether oxygens (including phenoxy) is 1. The minimum absolute atomic E-state index is 0.139. The van der Waals surface area contributed by atoms with Crippen molar-refractivity contribution in [3.8, 4) is 5.75 Å². The molecule has 27 heavy (non-hydrogen) atoms. The van der Waals surface area contributed by atoms with Crippen LogP contribution in [0.15, 0.2) is 30.6 Å². The van der Waals surface area contributed by atoms with E-state index in [1.54, 1.807) is 12.4 Å². The summed E-state index contributed by atoms with van der Waals surface area (Å²) < 4.78 is 44.5. The van der Waals surface area contributed by atoms with E-state index in [1.165, 1.54) is 12.1 Å². The van der Waals surface area contributed by atoms with Crippen LogP contribution in [0.2, 0.25) is 5.02 Å². The Bertz CT molecular complexity index is 897. The average Bonchev–Trinajstić information content (AvgIpc) is 3.37. The number of rotatable bonds is 4. The molecule has 1 aliphatic carbocycles. The molecule has 0 bridgehead atoms. The third-order valence-corrected chi connectivity index (χ3v) is 5.27. The van der Waals surface area contributed by atoms with Gasteiger partial charge in [-0.25, -0.2) is 0 Å². The summed E-state index contributed by atoms with van der Waals surface area (Å²) in [6.45, 7) is 0.281. The van der Waals surface area contributed by atoms with Gasteiger partial charge in [0, 0.05) is 11.8 Å². The Morgan fingerprint density at radius 3 is 2.78 bits per heavy atom. The van der Waals surface area contributed by atoms with E-state index in [-0.39, 0.29) is 24.6 Å². The summed E-state index contributed by atoms with van der Waals surface area (Å²) in [6, 6.07) is 3.24. The number of halogens is 4. The van der Waals surface area contributed by atoms with Crippen LogP contribution < -0.4 is 10.1 Å². The Balaban J connectivity index is 1.51. The quantitative estimate of drug-likeness (QED) is 0.832. The van der Waals surface area contributed by atoms with Crippen molar-refractivity contribution < 1.29 is 22.7 Å². The van der Waals surface area contributed by atoms with Gasteiger partial charge in [-0.1, -0.05) is 23.7 Å². The summed E-state index contributed by atoms with van der Waals surface area (Å²) in [5.74, 6) is 0.685. The maximum atomic E-state index is 13.0. The number of benzene rings is 1. The Hall–Kier alpha value is -2.28. The molecule has 1 N–H and O–H groups in total. The van der Waals surface area contributed by atoms with E-state index >= 15 is 0 Å². The first-order valence-corrected chi connectivity index (χ1v) is 8.97. The molecular weight excluding hydrogens is 381 g/mol. The lowest BCUT2D eigenvalue weighted by Crippen LogP contribution is -2.31. The van der Waals surface area contributed by atoms with Crippen LogP contribution in [0.25, 0.3) is 0 Å². The highest BCUT2D eigenvalue weighted by Gasteiger charge is 2.36. The fourth-order valence-corrected chi connectivity index (χ4v) is 3.70. The van der Waals surface area contributed by atoms with Crippen LogP contribution in [0.4, 0.5) is 13.2 Å². The molecule has 2 aliphatic rings. The van der Waals surface area contributed by atoms with Gasteiger partial charge in [0.25, 0.3) is 0 Å². The van der Waals surface area contributed by atoms with Crippen LogP contribution in [0.1, 0.15) is 47.1 Å². The second-order valence-electron chi connectivity index (χ2n) is 6.80. The predicted molar refractivity (Wildman–Crippen MR) is 92.7 cm³/mol. The van der Waals surface area contributed by atoms with Gasteiger partial charge in [0.1, 0.15) is 12.4 Å². The number of carbonyl (C=O) groups excluding carboxylic acids is 1. The molecule has 1 fully saturated rings. The first-order chi connectivity index (χ1) is 12.8. The number of fused-ring (bicyclic) bond motifs is 1. The van der Waals surface area contributed by atoms with Gasteiger partial charge >= 0.3 is 6.18 Å². The van der Waals surface area contributed by atoms with Gasteiger partial charge in [0.05, 0.1) is 29.2 Å². The normalized spacial score (nSPS) is 18.7. The number of amides is 1. The fourth-order valence-electron chi connectivity index (χ4n) is 3.40. The number of nitrogens with one attached hydrogen (secondary N) is 1. The van der Waals surface area contributed by atoms with Crippen LogP contribution in [-0.2, 0) is 17.4 Å². The smallest absolute Gasteiger partial charge is 0.417 e. The van der Waals surface area contributed by atoms with Crippen LogP contribution in [0.3, 0.4) is 0 Å². The highest BCUT2D eigenvalue weighted by molar-refractivity contribution is 6.32. The van der Waals surface area contributed by atoms with E-state index < -0.39 is 22.7 Å². The zero-order valence-corrected chi connectivity index (χ0v) is 14.9. The Labute approximate surface area is 158 Å². The van der Waals surface area contributed by atoms with Crippen molar-refractivity contribution in [1.29, 1.82) is 0 Å². The molecule has 1 atom stereocenters. The second kappa shape index (κ2) is 6.71. The third-order valence-electron chi connectivity index (χ3n) is 4.82. The molecule has 0 spiro atoms. The monoisotopic (exact) mass is 396 g/mol. The van der Waals surface area contributed by atoms with E-state index in [0.717, 1.165) is 30.0 Å². The van der Waals surface area contributed by atoms with E-state index in [9.17, 15) is 18.0 Å². The summed E-state index contributed by atoms with van der Waals surface area (Å²) in [5, 5.41) is 2.42. The van der Waals surface area contributed by atoms with Gasteiger partial charge in [0.15, 0.2) is 0 Å². The second-order valence-corrected chi connectivity index (χ2v) is 7.18. The number of pyridine rings is 1. The fraction of sp³-hybridized carbons (Fsp3) is 0.368. The number of hydrogen-bond acceptors (Lipinski definition) is 3. The predicted octanol–water partition coefficient (Wildman–Crippen LogP) is 4.42. The molecule has 0 saturated heterocycles. The molecule has 8 heteroatoms. The summed E-state index contributed by atoms with van der Waals surface area (Å²) in [5.41, 5.74) is 1.20. The zero-order chi connectivity index (χ0) is 19.2. The lowest BCUT2D eigenvalue weighted by Gasteiger charge is -2.16. The molecule has 1 aromatic heterocycles. The van der Waals surface area contributed by atoms with Gasteiger partial charge in [0.2, 0.25) is 5.91 Å². The van der Waals surface area contributed by atoms with Gasteiger partial charge in [-0.15, -0.1) is 0 Å². The third kappa shape index (κ3) is 3.60. The number of alkyl halides is 3. The van der Waals surface area contributed by atoms with Gasteiger partial charge in [-0.05, 0) is 36.0 Å². The van der Waals surface area contributed by atoms with Crippen LogP contribution in [-0.4, -0.2) is 17.5 Å². The van der Waals surface area contributed by atoms with Crippen molar-refractivity contribution in [2.45, 2.75) is 37.4 Å². The van der Waals surface area contributed by atoms with Crippen LogP contribution in [0, 0.1) is 0 Å². The molecule has 1 aliphatic heterocycles. The van der Waals surface area contributed by atoms with Crippen molar-refractivity contribution in [1.82, 2.24) is 10.3 Å². The lowest BCUT2D eigenvalue weighted by atomic mass is 10.00. The lowest BCUT2D eigenvalue weighted by molar-refractivity contribution is -0.137. The molecule has 0 radical (unpaired) electrons. The molecule has 142 valence electrons. The SMILES string of the molecule is O=C(Cc1cccc(C(F)(F)F)c1Cl)NC1COc2cncc(C3CC3)c21. The maximum Gasteiger partial charge on any atom is 0.417 e. The van der Waals surface area contributed by atoms with E-state index in [2.05, 4.69) is 10.3 Å². The summed E-state index contributed by atoms with van der Waals surface area (Å²) in [6.07, 6.45) is 0.786. The van der Waals surface area contributed by atoms with Crippen molar-refractivity contribution >= 4 is 17.5 Å². The number of aromatic nitrogens is 1. The first-order valence-electron chi connectivity index (χ1n) is 8.59. The average molecular weight is 397 g/mol. The Kier molecular flexibility index (Phi) is 4.50. The van der Waals surface area contributed by atoms with E-state index in [1.807, 2.05) is 0 Å². The standard InChI is InChI=1S/C19H16ClF3N2O2/c20-18-11(2-1-3-13(18)19(21,22)23)6-16(26)25-14-9-27-15-8-24-7-12(17(14)15)10-4-5-10/h1-3,7-8,10,14H,4-6,9H2,(H,25,26). The molecule has 1 unspecified atom stereocenters. The Morgan fingerprint density at radius 1 is 1.30 bits per heavy atom. The van der Waals surface area contributed by atoms with Gasteiger partial charge < -0.3 is 10.1 Å². The van der Waals surface area contributed by atoms with Gasteiger partial charge in [-0.2, -0.15) is 13.2 Å². The van der Waals surface area contributed by atoms with Crippen molar-refractivity contribution in [3.63, 3.8) is 0 Å². The van der Waals surface area contributed by atoms with Crippen molar-refractivity contribution in [3.05, 3.63) is 57.9 Å². The maximum absolute atomic E-state index is 13.0. The zero-order valence-electron chi connectivity index (χ0n) is 14.1.